The molecule has 10 aromatic rings. The van der Waals surface area contributed by atoms with E-state index in [-0.39, 0.29) is 0 Å². The van der Waals surface area contributed by atoms with Gasteiger partial charge in [-0.15, -0.1) is 11.3 Å². The maximum atomic E-state index is 6.38. The van der Waals surface area contributed by atoms with Crippen molar-refractivity contribution < 1.29 is 4.42 Å². The molecule has 0 atom stereocenters. The van der Waals surface area contributed by atoms with Crippen molar-refractivity contribution in [2.75, 3.05) is 0 Å². The van der Waals surface area contributed by atoms with Crippen LogP contribution >= 0.6 is 11.3 Å². The highest BCUT2D eigenvalue weighted by atomic mass is 32.1. The van der Waals surface area contributed by atoms with Crippen molar-refractivity contribution in [3.63, 3.8) is 0 Å². The third kappa shape index (κ3) is 4.80. The molecule has 0 bridgehead atoms. The van der Waals surface area contributed by atoms with E-state index in [1.165, 1.54) is 31.3 Å². The van der Waals surface area contributed by atoms with Gasteiger partial charge in [-0.1, -0.05) is 140 Å². The average molecular weight is 657 g/mol. The standard InChI is InChI=1S/C46H28N2OS/c1-2-12-29(13-3-1)30-14-10-19-35(28-30)45-47-43(42-39-21-4-6-24-40(39)49-46(42)48-45)34-18-9-16-32(27-34)31-15-8-17-33(26-31)36-22-11-23-38-37-20-5-7-25-41(37)50-44(36)38/h1-28H. The van der Waals surface area contributed by atoms with Crippen LogP contribution < -0.4 is 0 Å². The van der Waals surface area contributed by atoms with Crippen LogP contribution in [0.15, 0.2) is 174 Å². The lowest BCUT2D eigenvalue weighted by atomic mass is 9.96. The molecule has 4 heteroatoms. The molecule has 0 N–H and O–H groups in total. The zero-order valence-corrected chi connectivity index (χ0v) is 27.7. The van der Waals surface area contributed by atoms with Gasteiger partial charge in [-0.2, -0.15) is 4.98 Å². The number of para-hydroxylation sites is 1. The molecular formula is C46H28N2OS. The van der Waals surface area contributed by atoms with Crippen LogP contribution in [0.5, 0.6) is 0 Å². The van der Waals surface area contributed by atoms with Crippen molar-refractivity contribution in [1.82, 2.24) is 9.97 Å². The van der Waals surface area contributed by atoms with E-state index >= 15 is 0 Å². The Morgan fingerprint density at radius 2 is 1.00 bits per heavy atom. The second-order valence-electron chi connectivity index (χ2n) is 12.6. The molecule has 3 heterocycles. The highest BCUT2D eigenvalue weighted by Crippen LogP contribution is 2.41. The van der Waals surface area contributed by atoms with E-state index in [0.717, 1.165) is 55.4 Å². The second kappa shape index (κ2) is 11.7. The fraction of sp³-hybridized carbons (Fsp3) is 0. The first-order chi connectivity index (χ1) is 24.8. The summed E-state index contributed by atoms with van der Waals surface area (Å²) in [5, 5.41) is 4.55. The molecule has 0 aliphatic heterocycles. The van der Waals surface area contributed by atoms with Crippen molar-refractivity contribution in [3.05, 3.63) is 170 Å². The molecule has 0 spiro atoms. The number of thiophene rings is 1. The maximum absolute atomic E-state index is 6.38. The van der Waals surface area contributed by atoms with Gasteiger partial charge in [0.1, 0.15) is 5.58 Å². The normalized spacial score (nSPS) is 11.6. The first-order valence-electron chi connectivity index (χ1n) is 16.7. The number of hydrogen-bond acceptors (Lipinski definition) is 4. The van der Waals surface area contributed by atoms with E-state index in [9.17, 15) is 0 Å². The highest BCUT2D eigenvalue weighted by Gasteiger charge is 2.19. The predicted octanol–water partition coefficient (Wildman–Crippen LogP) is 13.1. The average Bonchev–Trinajstić information content (AvgIpc) is 3.77. The molecule has 0 saturated heterocycles. The summed E-state index contributed by atoms with van der Waals surface area (Å²) in [6.45, 7) is 0. The summed E-state index contributed by atoms with van der Waals surface area (Å²) >= 11 is 1.86. The Morgan fingerprint density at radius 3 is 1.84 bits per heavy atom. The minimum Gasteiger partial charge on any atom is -0.438 e. The largest absolute Gasteiger partial charge is 0.438 e. The Kier molecular flexibility index (Phi) is 6.68. The van der Waals surface area contributed by atoms with Crippen LogP contribution in [0.4, 0.5) is 0 Å². The molecular weight excluding hydrogens is 629 g/mol. The first-order valence-corrected chi connectivity index (χ1v) is 17.6. The molecule has 0 unspecified atom stereocenters. The van der Waals surface area contributed by atoms with E-state index in [1.807, 2.05) is 35.6 Å². The van der Waals surface area contributed by atoms with E-state index in [1.54, 1.807) is 0 Å². The molecule has 0 radical (unpaired) electrons. The summed E-state index contributed by atoms with van der Waals surface area (Å²) in [6.07, 6.45) is 0. The van der Waals surface area contributed by atoms with Gasteiger partial charge in [-0.3, -0.25) is 0 Å². The maximum Gasteiger partial charge on any atom is 0.231 e. The fourth-order valence-electron chi connectivity index (χ4n) is 7.12. The minimum absolute atomic E-state index is 0.583. The van der Waals surface area contributed by atoms with Crippen LogP contribution in [-0.2, 0) is 0 Å². The number of nitrogens with zero attached hydrogens (tertiary/aromatic N) is 2. The molecule has 7 aromatic carbocycles. The number of furan rings is 1. The summed E-state index contributed by atoms with van der Waals surface area (Å²) in [7, 11) is 0. The van der Waals surface area contributed by atoms with Crippen LogP contribution in [0.1, 0.15) is 0 Å². The molecule has 234 valence electrons. The predicted molar refractivity (Wildman–Crippen MR) is 209 cm³/mol. The summed E-state index contributed by atoms with van der Waals surface area (Å²) < 4.78 is 9.01. The lowest BCUT2D eigenvalue weighted by Gasteiger charge is -2.11. The van der Waals surface area contributed by atoms with Crippen molar-refractivity contribution in [2.24, 2.45) is 0 Å². The third-order valence-electron chi connectivity index (χ3n) is 9.51. The Morgan fingerprint density at radius 1 is 0.420 bits per heavy atom. The SMILES string of the molecule is c1ccc(-c2cccc(-c3nc(-c4cccc(-c5cccc(-c6cccc7c6sc6ccccc67)c5)c4)c4c(n3)oc3ccccc34)c2)cc1. The third-order valence-corrected chi connectivity index (χ3v) is 10.7. The fourth-order valence-corrected chi connectivity index (χ4v) is 8.35. The van der Waals surface area contributed by atoms with Gasteiger partial charge in [0, 0.05) is 36.7 Å². The van der Waals surface area contributed by atoms with E-state index in [4.69, 9.17) is 14.4 Å². The van der Waals surface area contributed by atoms with Gasteiger partial charge in [0.15, 0.2) is 5.82 Å². The quantitative estimate of drug-likeness (QED) is 0.185. The molecule has 0 aliphatic carbocycles. The lowest BCUT2D eigenvalue weighted by Crippen LogP contribution is -1.94. The number of fused-ring (bicyclic) bond motifs is 6. The van der Waals surface area contributed by atoms with Gasteiger partial charge in [0.05, 0.1) is 11.1 Å². The van der Waals surface area contributed by atoms with E-state index in [2.05, 4.69) is 146 Å². The van der Waals surface area contributed by atoms with Crippen LogP contribution in [-0.4, -0.2) is 9.97 Å². The summed E-state index contributed by atoms with van der Waals surface area (Å²) in [5.74, 6) is 0.633. The molecule has 0 saturated carbocycles. The van der Waals surface area contributed by atoms with Gasteiger partial charge in [-0.05, 0) is 63.7 Å². The summed E-state index contributed by atoms with van der Waals surface area (Å²) in [6, 6.07) is 59.8. The van der Waals surface area contributed by atoms with E-state index < -0.39 is 0 Å². The highest BCUT2D eigenvalue weighted by molar-refractivity contribution is 7.26. The molecule has 0 amide bonds. The number of hydrogen-bond donors (Lipinski definition) is 0. The van der Waals surface area contributed by atoms with Crippen molar-refractivity contribution in [2.45, 2.75) is 0 Å². The minimum atomic E-state index is 0.583. The Bertz CT molecular complexity index is 2880. The van der Waals surface area contributed by atoms with Crippen molar-refractivity contribution in [3.8, 4) is 56.0 Å². The van der Waals surface area contributed by atoms with Crippen LogP contribution in [0.2, 0.25) is 0 Å². The molecule has 50 heavy (non-hydrogen) atoms. The van der Waals surface area contributed by atoms with Gasteiger partial charge >= 0.3 is 0 Å². The summed E-state index contributed by atoms with van der Waals surface area (Å²) in [4.78, 5) is 10.3. The zero-order chi connectivity index (χ0) is 33.0. The molecule has 3 aromatic heterocycles. The smallest absolute Gasteiger partial charge is 0.231 e. The van der Waals surface area contributed by atoms with Crippen LogP contribution in [0, 0.1) is 0 Å². The molecule has 0 fully saturated rings. The topological polar surface area (TPSA) is 38.9 Å². The van der Waals surface area contributed by atoms with Gasteiger partial charge in [0.25, 0.3) is 0 Å². The first kappa shape index (κ1) is 28.6. The zero-order valence-electron chi connectivity index (χ0n) is 26.9. The lowest BCUT2D eigenvalue weighted by molar-refractivity contribution is 0.653. The monoisotopic (exact) mass is 656 g/mol. The van der Waals surface area contributed by atoms with Crippen LogP contribution in [0.3, 0.4) is 0 Å². The Balaban J connectivity index is 1.12. The molecule has 0 aliphatic rings. The second-order valence-corrected chi connectivity index (χ2v) is 13.6. The Labute approximate surface area is 292 Å². The van der Waals surface area contributed by atoms with E-state index in [0.29, 0.717) is 11.5 Å². The summed E-state index contributed by atoms with van der Waals surface area (Å²) in [5.41, 5.74) is 11.2. The van der Waals surface area contributed by atoms with Gasteiger partial charge < -0.3 is 4.42 Å². The van der Waals surface area contributed by atoms with Gasteiger partial charge in [-0.25, -0.2) is 4.98 Å². The van der Waals surface area contributed by atoms with Crippen molar-refractivity contribution >= 4 is 53.6 Å². The Hall–Kier alpha value is -6.36. The molecule has 3 nitrogen and oxygen atoms in total. The van der Waals surface area contributed by atoms with Crippen molar-refractivity contribution in [1.29, 1.82) is 0 Å². The number of aromatic nitrogens is 2. The number of benzene rings is 7. The number of rotatable bonds is 5. The van der Waals surface area contributed by atoms with Crippen LogP contribution in [0.25, 0.3) is 98.3 Å². The van der Waals surface area contributed by atoms with Gasteiger partial charge in [0.2, 0.25) is 5.71 Å². The molecule has 10 rings (SSSR count).